The molecule has 0 radical (unpaired) electrons. The van der Waals surface area contributed by atoms with Crippen LogP contribution in [0.15, 0.2) is 40.4 Å². The van der Waals surface area contributed by atoms with Crippen molar-refractivity contribution in [1.29, 1.82) is 0 Å². The summed E-state index contributed by atoms with van der Waals surface area (Å²) >= 11 is 1.18. The van der Waals surface area contributed by atoms with Crippen LogP contribution < -0.4 is 5.32 Å². The first-order chi connectivity index (χ1) is 11.9. The normalized spacial score (nSPS) is 15.2. The second kappa shape index (κ2) is 5.41. The average Bonchev–Trinajstić information content (AvgIpc) is 3.13. The van der Waals surface area contributed by atoms with Crippen molar-refractivity contribution in [3.63, 3.8) is 0 Å². The van der Waals surface area contributed by atoms with E-state index < -0.39 is 10.7 Å². The second-order valence-corrected chi connectivity index (χ2v) is 7.56. The average molecular weight is 359 g/mol. The lowest BCUT2D eigenvalue weighted by Gasteiger charge is -2.18. The van der Waals surface area contributed by atoms with E-state index in [0.717, 1.165) is 28.9 Å². The highest BCUT2D eigenvalue weighted by Crippen LogP contribution is 2.42. The van der Waals surface area contributed by atoms with Crippen LogP contribution in [0.5, 0.6) is 0 Å². The van der Waals surface area contributed by atoms with Gasteiger partial charge in [0.15, 0.2) is 5.65 Å². The number of anilines is 1. The van der Waals surface area contributed by atoms with Crippen molar-refractivity contribution in [3.05, 3.63) is 52.2 Å². The van der Waals surface area contributed by atoms with Crippen molar-refractivity contribution in [3.8, 4) is 0 Å². The minimum Gasteiger partial charge on any atom is -0.383 e. The van der Waals surface area contributed by atoms with Gasteiger partial charge in [0.25, 0.3) is 5.69 Å². The zero-order valence-corrected chi connectivity index (χ0v) is 14.3. The first-order valence-corrected chi connectivity index (χ1v) is 8.41. The third-order valence-electron chi connectivity index (χ3n) is 4.21. The quantitative estimate of drug-likeness (QED) is 0.568. The molecule has 0 amide bonds. The molecule has 7 nitrogen and oxygen atoms in total. The molecule has 1 aliphatic rings. The van der Waals surface area contributed by atoms with Crippen LogP contribution in [0.2, 0.25) is 0 Å². The van der Waals surface area contributed by atoms with Crippen LogP contribution >= 0.6 is 11.8 Å². The molecule has 0 spiro atoms. The van der Waals surface area contributed by atoms with E-state index in [-0.39, 0.29) is 11.1 Å². The molecule has 1 aliphatic heterocycles. The van der Waals surface area contributed by atoms with Crippen molar-refractivity contribution in [2.45, 2.75) is 29.1 Å². The van der Waals surface area contributed by atoms with Gasteiger partial charge in [0.1, 0.15) is 12.1 Å². The smallest absolute Gasteiger partial charge is 0.286 e. The fraction of sp³-hybridized carbons (Fsp3) is 0.250. The maximum absolute atomic E-state index is 13.4. The molecule has 1 aromatic carbocycles. The van der Waals surface area contributed by atoms with Gasteiger partial charge in [-0.2, -0.15) is 5.10 Å². The number of nitro groups is 1. The summed E-state index contributed by atoms with van der Waals surface area (Å²) in [5.74, 6) is -0.638. The summed E-state index contributed by atoms with van der Waals surface area (Å²) in [6.45, 7) is 5.00. The van der Waals surface area contributed by atoms with Gasteiger partial charge in [-0.1, -0.05) is 25.6 Å². The Morgan fingerprint density at radius 2 is 2.16 bits per heavy atom. The fourth-order valence-electron chi connectivity index (χ4n) is 3.05. The number of benzene rings is 1. The maximum Gasteiger partial charge on any atom is 0.286 e. The van der Waals surface area contributed by atoms with Crippen LogP contribution in [-0.2, 0) is 5.41 Å². The Hall–Kier alpha value is -2.68. The molecule has 0 bridgehead atoms. The SMILES string of the molecule is CC1(C)CNc2cc(Sc3ccc(F)cc3[N+](=O)[O-])c3ncnn3c21. The van der Waals surface area contributed by atoms with Crippen LogP contribution in [-0.4, -0.2) is 26.1 Å². The zero-order chi connectivity index (χ0) is 17.8. The predicted octanol–water partition coefficient (Wildman–Crippen LogP) is 3.63. The number of nitrogens with one attached hydrogen (secondary N) is 1. The van der Waals surface area contributed by atoms with E-state index >= 15 is 0 Å². The van der Waals surface area contributed by atoms with Crippen LogP contribution in [0.4, 0.5) is 15.8 Å². The number of fused-ring (bicyclic) bond motifs is 3. The molecule has 0 saturated heterocycles. The van der Waals surface area contributed by atoms with Gasteiger partial charge < -0.3 is 5.32 Å². The molecule has 3 aromatic rings. The summed E-state index contributed by atoms with van der Waals surface area (Å²) in [4.78, 5) is 16.0. The fourth-order valence-corrected chi connectivity index (χ4v) is 4.07. The van der Waals surface area contributed by atoms with Gasteiger partial charge in [0.05, 0.1) is 32.2 Å². The molecule has 25 heavy (non-hydrogen) atoms. The predicted molar refractivity (Wildman–Crippen MR) is 91.7 cm³/mol. The first kappa shape index (κ1) is 15.8. The number of halogens is 1. The van der Waals surface area contributed by atoms with E-state index in [1.165, 1.54) is 30.2 Å². The van der Waals surface area contributed by atoms with Crippen molar-refractivity contribution in [1.82, 2.24) is 14.6 Å². The lowest BCUT2D eigenvalue weighted by Crippen LogP contribution is -2.22. The Morgan fingerprint density at radius 3 is 2.92 bits per heavy atom. The number of hydrogen-bond donors (Lipinski definition) is 1. The molecule has 0 unspecified atom stereocenters. The van der Waals surface area contributed by atoms with Gasteiger partial charge in [-0.3, -0.25) is 10.1 Å². The minimum absolute atomic E-state index is 0.105. The summed E-state index contributed by atoms with van der Waals surface area (Å²) in [6.07, 6.45) is 1.47. The Balaban J connectivity index is 1.87. The summed E-state index contributed by atoms with van der Waals surface area (Å²) in [6, 6.07) is 5.48. The minimum atomic E-state index is -0.638. The summed E-state index contributed by atoms with van der Waals surface area (Å²) in [7, 11) is 0. The Kier molecular flexibility index (Phi) is 3.43. The molecule has 0 aliphatic carbocycles. The second-order valence-electron chi connectivity index (χ2n) is 6.47. The molecule has 1 N–H and O–H groups in total. The van der Waals surface area contributed by atoms with Crippen molar-refractivity contribution < 1.29 is 9.31 Å². The van der Waals surface area contributed by atoms with Crippen molar-refractivity contribution in [2.24, 2.45) is 0 Å². The van der Waals surface area contributed by atoms with Crippen molar-refractivity contribution >= 4 is 28.8 Å². The Labute approximate surface area is 146 Å². The van der Waals surface area contributed by atoms with E-state index in [9.17, 15) is 14.5 Å². The largest absolute Gasteiger partial charge is 0.383 e. The number of aromatic nitrogens is 3. The van der Waals surface area contributed by atoms with Crippen LogP contribution in [0.25, 0.3) is 5.65 Å². The molecule has 0 saturated carbocycles. The zero-order valence-electron chi connectivity index (χ0n) is 13.5. The molecule has 4 rings (SSSR count). The third kappa shape index (κ3) is 2.51. The van der Waals surface area contributed by atoms with Crippen molar-refractivity contribution in [2.75, 3.05) is 11.9 Å². The molecule has 0 fully saturated rings. The molecule has 9 heteroatoms. The summed E-state index contributed by atoms with van der Waals surface area (Å²) in [5, 5.41) is 18.9. The van der Waals surface area contributed by atoms with Gasteiger partial charge in [0, 0.05) is 12.0 Å². The Morgan fingerprint density at radius 1 is 1.36 bits per heavy atom. The summed E-state index contributed by atoms with van der Waals surface area (Å²) < 4.78 is 15.1. The molecular weight excluding hydrogens is 345 g/mol. The van der Waals surface area contributed by atoms with Gasteiger partial charge in [0.2, 0.25) is 0 Å². The van der Waals surface area contributed by atoms with E-state index in [1.54, 1.807) is 4.52 Å². The molecule has 3 heterocycles. The van der Waals surface area contributed by atoms with Gasteiger partial charge in [-0.25, -0.2) is 13.9 Å². The van der Waals surface area contributed by atoms with Gasteiger partial charge >= 0.3 is 0 Å². The highest BCUT2D eigenvalue weighted by molar-refractivity contribution is 7.99. The molecule has 0 atom stereocenters. The number of nitrogens with zero attached hydrogens (tertiary/aromatic N) is 4. The third-order valence-corrected chi connectivity index (χ3v) is 5.30. The summed E-state index contributed by atoms with van der Waals surface area (Å²) in [5.41, 5.74) is 2.20. The first-order valence-electron chi connectivity index (χ1n) is 7.60. The van der Waals surface area contributed by atoms with Crippen LogP contribution in [0.1, 0.15) is 19.5 Å². The highest BCUT2D eigenvalue weighted by Gasteiger charge is 2.34. The number of nitro benzene ring substituents is 1. The number of hydrogen-bond acceptors (Lipinski definition) is 6. The molecule has 128 valence electrons. The maximum atomic E-state index is 13.4. The Bertz CT molecular complexity index is 1020. The lowest BCUT2D eigenvalue weighted by molar-refractivity contribution is -0.387. The molecular formula is C16H14FN5O2S. The number of rotatable bonds is 3. The van der Waals surface area contributed by atoms with E-state index in [0.29, 0.717) is 10.5 Å². The number of pyridine rings is 1. The van der Waals surface area contributed by atoms with E-state index in [2.05, 4.69) is 29.2 Å². The topological polar surface area (TPSA) is 85.4 Å². The van der Waals surface area contributed by atoms with Gasteiger partial charge in [-0.05, 0) is 18.2 Å². The lowest BCUT2D eigenvalue weighted by atomic mass is 9.91. The van der Waals surface area contributed by atoms with E-state index in [4.69, 9.17) is 0 Å². The van der Waals surface area contributed by atoms with Crippen LogP contribution in [0, 0.1) is 15.9 Å². The monoisotopic (exact) mass is 359 g/mol. The van der Waals surface area contributed by atoms with Gasteiger partial charge in [-0.15, -0.1) is 0 Å². The van der Waals surface area contributed by atoms with Crippen LogP contribution in [0.3, 0.4) is 0 Å². The standard InChI is InChI=1S/C16H14FN5O2S/c1-16(2)7-18-10-6-13(15-19-8-20-21(15)14(10)16)25-12-4-3-9(17)5-11(12)22(23)24/h3-6,8,18H,7H2,1-2H3. The highest BCUT2D eigenvalue weighted by atomic mass is 32.2. The molecule has 2 aromatic heterocycles. The van der Waals surface area contributed by atoms with E-state index in [1.807, 2.05) is 6.07 Å².